The molecule has 0 atom stereocenters. The van der Waals surface area contributed by atoms with Crippen LogP contribution in [0.1, 0.15) is 31.7 Å². The van der Waals surface area contributed by atoms with Crippen LogP contribution in [0.15, 0.2) is 30.3 Å². The number of rotatable bonds is 6. The maximum absolute atomic E-state index is 11.8. The molecule has 1 radical (unpaired) electrons. The Morgan fingerprint density at radius 3 is 2.56 bits per heavy atom. The topological polar surface area (TPSA) is 20.3 Å². The third-order valence-corrected chi connectivity index (χ3v) is 2.56. The zero-order valence-corrected chi connectivity index (χ0v) is 10.1. The number of hydrogen-bond donors (Lipinski definition) is 0. The Balaban J connectivity index is 2.34. The Bertz CT molecular complexity index is 308. The molecule has 0 spiro atoms. The zero-order valence-electron chi connectivity index (χ0n) is 10.1. The maximum atomic E-state index is 11.8. The first kappa shape index (κ1) is 12.8. The second kappa shape index (κ2) is 7.04. The van der Waals surface area contributed by atoms with E-state index in [2.05, 4.69) is 6.92 Å². The molecular formula is C14H20NO. The predicted molar refractivity (Wildman–Crippen MR) is 67.0 cm³/mol. The van der Waals surface area contributed by atoms with Gasteiger partial charge in [-0.1, -0.05) is 50.1 Å². The van der Waals surface area contributed by atoms with Gasteiger partial charge in [0.1, 0.15) is 0 Å². The molecule has 0 aliphatic carbocycles. The molecule has 2 heteroatoms. The van der Waals surface area contributed by atoms with Crippen molar-refractivity contribution in [3.8, 4) is 0 Å². The lowest BCUT2D eigenvalue weighted by Gasteiger charge is -2.16. The lowest BCUT2D eigenvalue weighted by atomic mass is 10.1. The van der Waals surface area contributed by atoms with Gasteiger partial charge in [0.25, 0.3) is 0 Å². The first-order valence-corrected chi connectivity index (χ1v) is 5.89. The molecule has 0 N–H and O–H groups in total. The Morgan fingerprint density at radius 1 is 1.25 bits per heavy atom. The van der Waals surface area contributed by atoms with Crippen LogP contribution in [0.25, 0.3) is 0 Å². The second-order valence-electron chi connectivity index (χ2n) is 4.02. The molecule has 0 aromatic heterocycles. The van der Waals surface area contributed by atoms with Gasteiger partial charge in [-0.3, -0.25) is 4.79 Å². The molecule has 1 aromatic rings. The summed E-state index contributed by atoms with van der Waals surface area (Å²) in [5.41, 5.74) is 0.967. The van der Waals surface area contributed by atoms with Gasteiger partial charge in [-0.05, 0) is 12.0 Å². The smallest absolute Gasteiger partial charge is 0.231 e. The normalized spacial score (nSPS) is 10.1. The number of nitrogens with zero attached hydrogens (tertiary/aromatic N) is 1. The highest BCUT2D eigenvalue weighted by molar-refractivity contribution is 5.88. The van der Waals surface area contributed by atoms with Crippen LogP contribution < -0.4 is 0 Å². The van der Waals surface area contributed by atoms with Crippen molar-refractivity contribution < 1.29 is 4.79 Å². The van der Waals surface area contributed by atoms with Crippen molar-refractivity contribution in [2.24, 2.45) is 0 Å². The van der Waals surface area contributed by atoms with Crippen molar-refractivity contribution in [2.75, 3.05) is 13.6 Å². The number of benzene rings is 1. The van der Waals surface area contributed by atoms with Crippen molar-refractivity contribution in [1.82, 2.24) is 4.90 Å². The molecule has 1 aromatic carbocycles. The second-order valence-corrected chi connectivity index (χ2v) is 4.02. The molecule has 87 valence electrons. The minimum absolute atomic E-state index is 0.0855. The Hall–Kier alpha value is -1.31. The van der Waals surface area contributed by atoms with E-state index in [-0.39, 0.29) is 5.91 Å². The molecule has 0 heterocycles. The van der Waals surface area contributed by atoms with Crippen LogP contribution in [0.4, 0.5) is 0 Å². The number of carbonyl (C=O) groups excluding carboxylic acids is 1. The van der Waals surface area contributed by atoms with Gasteiger partial charge in [-0.15, -0.1) is 0 Å². The molecule has 1 amide bonds. The van der Waals surface area contributed by atoms with Crippen LogP contribution in [-0.4, -0.2) is 24.4 Å². The fourth-order valence-electron chi connectivity index (χ4n) is 1.51. The van der Waals surface area contributed by atoms with Crippen molar-refractivity contribution >= 4 is 5.91 Å². The number of carbonyl (C=O) groups is 1. The minimum Gasteiger partial charge on any atom is -0.345 e. The number of unbranched alkanes of at least 4 members (excludes halogenated alkanes) is 2. The summed E-state index contributed by atoms with van der Waals surface area (Å²) in [6, 6.07) is 9.72. The van der Waals surface area contributed by atoms with Gasteiger partial charge in [-0.25, -0.2) is 0 Å². The van der Waals surface area contributed by atoms with Crippen LogP contribution in [0, 0.1) is 6.42 Å². The lowest BCUT2D eigenvalue weighted by Crippen LogP contribution is -2.28. The monoisotopic (exact) mass is 218 g/mol. The van der Waals surface area contributed by atoms with Crippen molar-refractivity contribution in [2.45, 2.75) is 26.2 Å². The predicted octanol–water partition coefficient (Wildman–Crippen LogP) is 2.89. The average molecular weight is 218 g/mol. The quantitative estimate of drug-likeness (QED) is 0.672. The van der Waals surface area contributed by atoms with Gasteiger partial charge < -0.3 is 4.90 Å². The molecule has 0 aliphatic heterocycles. The van der Waals surface area contributed by atoms with Crippen LogP contribution in [0.5, 0.6) is 0 Å². The molecule has 0 saturated heterocycles. The molecule has 16 heavy (non-hydrogen) atoms. The Kier molecular flexibility index (Phi) is 5.62. The summed E-state index contributed by atoms with van der Waals surface area (Å²) in [6.07, 6.45) is 5.14. The van der Waals surface area contributed by atoms with Crippen LogP contribution >= 0.6 is 0 Å². The molecule has 2 nitrogen and oxygen atoms in total. The molecular weight excluding hydrogens is 198 g/mol. The molecule has 0 saturated carbocycles. The van der Waals surface area contributed by atoms with Crippen molar-refractivity contribution in [1.29, 1.82) is 0 Å². The first-order chi connectivity index (χ1) is 7.74. The summed E-state index contributed by atoms with van der Waals surface area (Å²) in [6.45, 7) is 3.01. The third kappa shape index (κ3) is 4.47. The molecule has 0 aliphatic rings. The van der Waals surface area contributed by atoms with Crippen molar-refractivity contribution in [3.05, 3.63) is 42.3 Å². The van der Waals surface area contributed by atoms with E-state index in [1.165, 1.54) is 12.8 Å². The highest BCUT2D eigenvalue weighted by Gasteiger charge is 2.08. The minimum atomic E-state index is 0.0855. The summed E-state index contributed by atoms with van der Waals surface area (Å²) in [5.74, 6) is 0.0855. The van der Waals surface area contributed by atoms with Crippen LogP contribution in [-0.2, 0) is 4.79 Å². The molecule has 0 bridgehead atoms. The summed E-state index contributed by atoms with van der Waals surface area (Å²) >= 11 is 0. The largest absolute Gasteiger partial charge is 0.345 e. The first-order valence-electron chi connectivity index (χ1n) is 5.89. The van der Waals surface area contributed by atoms with Crippen LogP contribution in [0.3, 0.4) is 0 Å². The van der Waals surface area contributed by atoms with Crippen molar-refractivity contribution in [3.63, 3.8) is 0 Å². The van der Waals surface area contributed by atoms with E-state index in [4.69, 9.17) is 0 Å². The van der Waals surface area contributed by atoms with Gasteiger partial charge in [0.05, 0.1) is 6.42 Å². The maximum Gasteiger partial charge on any atom is 0.231 e. The van der Waals surface area contributed by atoms with E-state index in [1.54, 1.807) is 11.3 Å². The van der Waals surface area contributed by atoms with E-state index in [0.29, 0.717) is 0 Å². The number of amides is 1. The van der Waals surface area contributed by atoms with Gasteiger partial charge in [-0.2, -0.15) is 0 Å². The summed E-state index contributed by atoms with van der Waals surface area (Å²) in [4.78, 5) is 13.6. The SMILES string of the molecule is CCCCCN(C)C(=O)[CH]c1ccccc1. The Labute approximate surface area is 98.3 Å². The number of likely N-dealkylation sites (N-methyl/N-ethyl adjacent to an activating group) is 1. The van der Waals surface area contributed by atoms with E-state index in [9.17, 15) is 4.79 Å². The molecule has 0 fully saturated rings. The standard InChI is InChI=1S/C14H20NO/c1-3-4-8-11-15(2)14(16)12-13-9-6-5-7-10-13/h5-7,9-10,12H,3-4,8,11H2,1-2H3. The summed E-state index contributed by atoms with van der Waals surface area (Å²) in [7, 11) is 1.86. The average Bonchev–Trinajstić information content (AvgIpc) is 2.30. The summed E-state index contributed by atoms with van der Waals surface area (Å²) in [5, 5.41) is 0. The van der Waals surface area contributed by atoms with E-state index in [1.807, 2.05) is 37.4 Å². The van der Waals surface area contributed by atoms with E-state index in [0.717, 1.165) is 18.5 Å². The zero-order chi connectivity index (χ0) is 11.8. The van der Waals surface area contributed by atoms with E-state index >= 15 is 0 Å². The fraction of sp³-hybridized carbons (Fsp3) is 0.429. The fourth-order valence-corrected chi connectivity index (χ4v) is 1.51. The summed E-state index contributed by atoms with van der Waals surface area (Å²) < 4.78 is 0. The van der Waals surface area contributed by atoms with Gasteiger partial charge in [0.2, 0.25) is 5.91 Å². The highest BCUT2D eigenvalue weighted by Crippen LogP contribution is 2.05. The van der Waals surface area contributed by atoms with Gasteiger partial charge in [0.15, 0.2) is 0 Å². The molecule has 0 unspecified atom stereocenters. The van der Waals surface area contributed by atoms with Crippen LogP contribution in [0.2, 0.25) is 0 Å². The van der Waals surface area contributed by atoms with E-state index < -0.39 is 0 Å². The van der Waals surface area contributed by atoms with Gasteiger partial charge in [0, 0.05) is 13.6 Å². The molecule has 1 rings (SSSR count). The number of hydrogen-bond acceptors (Lipinski definition) is 1. The lowest BCUT2D eigenvalue weighted by molar-refractivity contribution is -0.126. The third-order valence-electron chi connectivity index (χ3n) is 2.56. The van der Waals surface area contributed by atoms with Gasteiger partial charge >= 0.3 is 0 Å². The highest BCUT2D eigenvalue weighted by atomic mass is 16.2. The Morgan fingerprint density at radius 2 is 1.94 bits per heavy atom.